The molecule has 0 fully saturated rings. The molecule has 1 aliphatic carbocycles. The van der Waals surface area contributed by atoms with Gasteiger partial charge in [-0.1, -0.05) is 32.4 Å². The summed E-state index contributed by atoms with van der Waals surface area (Å²) in [6, 6.07) is 0. The smallest absolute Gasteiger partial charge is 0.0109 e. The topological polar surface area (TPSA) is 0 Å². The third-order valence-corrected chi connectivity index (χ3v) is 2.45. The number of hydrogen-bond acceptors (Lipinski definition) is 0. The molecule has 0 nitrogen and oxygen atoms in total. The van der Waals surface area contributed by atoms with Crippen LogP contribution in [0.15, 0.2) is 11.6 Å². The monoisotopic (exact) mass is 124 g/mol. The van der Waals surface area contributed by atoms with Gasteiger partial charge in [-0.05, 0) is 24.7 Å². The van der Waals surface area contributed by atoms with Gasteiger partial charge in [0, 0.05) is 0 Å². The molecule has 0 aromatic carbocycles. The average Bonchev–Trinajstić information content (AvgIpc) is 1.81. The highest BCUT2D eigenvalue weighted by molar-refractivity contribution is 5.21. The minimum absolute atomic E-state index is 0.575. The van der Waals surface area contributed by atoms with Gasteiger partial charge in [-0.15, -0.1) is 0 Å². The van der Waals surface area contributed by atoms with Crippen LogP contribution < -0.4 is 0 Å². The summed E-state index contributed by atoms with van der Waals surface area (Å²) in [7, 11) is 0. The molecule has 0 heterocycles. The van der Waals surface area contributed by atoms with Crippen molar-refractivity contribution in [3.63, 3.8) is 0 Å². The summed E-state index contributed by atoms with van der Waals surface area (Å²) in [4.78, 5) is 0. The van der Waals surface area contributed by atoms with Gasteiger partial charge in [0.1, 0.15) is 0 Å². The van der Waals surface area contributed by atoms with E-state index in [9.17, 15) is 0 Å². The molecule has 0 aromatic heterocycles. The molecule has 1 unspecified atom stereocenters. The first-order chi connectivity index (χ1) is 4.20. The van der Waals surface area contributed by atoms with E-state index < -0.39 is 0 Å². The SMILES string of the molecule is CCC1=CC(C)(CC)C1. The lowest BCUT2D eigenvalue weighted by Crippen LogP contribution is -2.21. The summed E-state index contributed by atoms with van der Waals surface area (Å²) in [5.41, 5.74) is 2.23. The largest absolute Gasteiger partial charge is 0.0790 e. The Morgan fingerprint density at radius 3 is 2.44 bits per heavy atom. The fraction of sp³-hybridized carbons (Fsp3) is 0.778. The van der Waals surface area contributed by atoms with Crippen molar-refractivity contribution in [3.8, 4) is 0 Å². The molecule has 0 aliphatic heterocycles. The molecular formula is C9H16. The van der Waals surface area contributed by atoms with Gasteiger partial charge >= 0.3 is 0 Å². The van der Waals surface area contributed by atoms with Gasteiger partial charge in [-0.25, -0.2) is 0 Å². The van der Waals surface area contributed by atoms with Gasteiger partial charge in [-0.2, -0.15) is 0 Å². The highest BCUT2D eigenvalue weighted by atomic mass is 14.3. The molecule has 1 atom stereocenters. The van der Waals surface area contributed by atoms with Crippen LogP contribution in [0.1, 0.15) is 40.0 Å². The maximum Gasteiger partial charge on any atom is -0.0109 e. The van der Waals surface area contributed by atoms with Gasteiger partial charge in [0.15, 0.2) is 0 Å². The summed E-state index contributed by atoms with van der Waals surface area (Å²) in [6.45, 7) is 6.84. The molecule has 0 amide bonds. The lowest BCUT2D eigenvalue weighted by molar-refractivity contribution is 0.353. The van der Waals surface area contributed by atoms with Gasteiger partial charge in [-0.3, -0.25) is 0 Å². The molecule has 1 rings (SSSR count). The van der Waals surface area contributed by atoms with Crippen molar-refractivity contribution in [3.05, 3.63) is 11.6 Å². The van der Waals surface area contributed by atoms with Crippen molar-refractivity contribution in [1.82, 2.24) is 0 Å². The molecule has 9 heavy (non-hydrogen) atoms. The van der Waals surface area contributed by atoms with Crippen molar-refractivity contribution in [2.24, 2.45) is 5.41 Å². The van der Waals surface area contributed by atoms with Crippen LogP contribution in [0.5, 0.6) is 0 Å². The molecular weight excluding hydrogens is 108 g/mol. The van der Waals surface area contributed by atoms with Crippen LogP contribution in [-0.2, 0) is 0 Å². The molecule has 1 aliphatic rings. The fourth-order valence-electron chi connectivity index (χ4n) is 1.44. The summed E-state index contributed by atoms with van der Waals surface area (Å²) >= 11 is 0. The highest BCUT2D eigenvalue weighted by Crippen LogP contribution is 2.42. The average molecular weight is 124 g/mol. The number of rotatable bonds is 2. The molecule has 0 N–H and O–H groups in total. The minimum atomic E-state index is 0.575. The van der Waals surface area contributed by atoms with E-state index in [-0.39, 0.29) is 0 Å². The molecule has 0 radical (unpaired) electrons. The summed E-state index contributed by atoms with van der Waals surface area (Å²) < 4.78 is 0. The molecule has 52 valence electrons. The molecule has 0 saturated carbocycles. The first-order valence-corrected chi connectivity index (χ1v) is 3.91. The second-order valence-electron chi connectivity index (χ2n) is 3.34. The highest BCUT2D eigenvalue weighted by Gasteiger charge is 2.28. The van der Waals surface area contributed by atoms with Crippen molar-refractivity contribution < 1.29 is 0 Å². The number of allylic oxidation sites excluding steroid dienone is 2. The quantitative estimate of drug-likeness (QED) is 0.496. The Morgan fingerprint density at radius 2 is 2.11 bits per heavy atom. The van der Waals surface area contributed by atoms with E-state index in [1.54, 1.807) is 5.57 Å². The molecule has 0 bridgehead atoms. The predicted octanol–water partition coefficient (Wildman–Crippen LogP) is 3.14. The lowest BCUT2D eigenvalue weighted by Gasteiger charge is -2.35. The normalized spacial score (nSPS) is 33.4. The number of hydrogen-bond donors (Lipinski definition) is 0. The minimum Gasteiger partial charge on any atom is -0.0790 e. The van der Waals surface area contributed by atoms with E-state index in [0.717, 1.165) is 0 Å². The van der Waals surface area contributed by atoms with E-state index in [4.69, 9.17) is 0 Å². The van der Waals surface area contributed by atoms with Crippen LogP contribution in [0.3, 0.4) is 0 Å². The second kappa shape index (κ2) is 2.17. The Morgan fingerprint density at radius 1 is 1.56 bits per heavy atom. The van der Waals surface area contributed by atoms with Crippen LogP contribution in [0.25, 0.3) is 0 Å². The first-order valence-electron chi connectivity index (χ1n) is 3.91. The standard InChI is InChI=1S/C9H16/c1-4-8-6-9(3,5-2)7-8/h6H,4-5,7H2,1-3H3. The van der Waals surface area contributed by atoms with Crippen LogP contribution in [-0.4, -0.2) is 0 Å². The van der Waals surface area contributed by atoms with Crippen LogP contribution >= 0.6 is 0 Å². The fourth-order valence-corrected chi connectivity index (χ4v) is 1.44. The Hall–Kier alpha value is -0.260. The van der Waals surface area contributed by atoms with Crippen molar-refractivity contribution >= 4 is 0 Å². The van der Waals surface area contributed by atoms with Crippen molar-refractivity contribution in [1.29, 1.82) is 0 Å². The molecule has 0 spiro atoms. The summed E-state index contributed by atoms with van der Waals surface area (Å²) in [5.74, 6) is 0. The first kappa shape index (κ1) is 6.85. The molecule has 0 saturated heterocycles. The van der Waals surface area contributed by atoms with E-state index in [1.807, 2.05) is 0 Å². The maximum absolute atomic E-state index is 2.44. The molecule has 0 heteroatoms. The van der Waals surface area contributed by atoms with E-state index in [0.29, 0.717) is 5.41 Å². The second-order valence-corrected chi connectivity index (χ2v) is 3.34. The van der Waals surface area contributed by atoms with Gasteiger partial charge in [0.05, 0.1) is 0 Å². The lowest BCUT2D eigenvalue weighted by atomic mass is 9.70. The third-order valence-electron chi connectivity index (χ3n) is 2.45. The Labute approximate surface area is 58.0 Å². The zero-order valence-electron chi connectivity index (χ0n) is 6.70. The Balaban J connectivity index is 2.48. The van der Waals surface area contributed by atoms with E-state index in [2.05, 4.69) is 26.8 Å². The van der Waals surface area contributed by atoms with Crippen molar-refractivity contribution in [2.75, 3.05) is 0 Å². The Kier molecular flexibility index (Phi) is 1.65. The van der Waals surface area contributed by atoms with Crippen LogP contribution in [0.4, 0.5) is 0 Å². The Bertz CT molecular complexity index is 133. The van der Waals surface area contributed by atoms with E-state index in [1.165, 1.54) is 19.3 Å². The van der Waals surface area contributed by atoms with Crippen LogP contribution in [0, 0.1) is 5.41 Å². The summed E-state index contributed by atoms with van der Waals surface area (Å²) in [6.07, 6.45) is 6.35. The van der Waals surface area contributed by atoms with E-state index >= 15 is 0 Å². The van der Waals surface area contributed by atoms with Crippen molar-refractivity contribution in [2.45, 2.75) is 40.0 Å². The van der Waals surface area contributed by atoms with Crippen LogP contribution in [0.2, 0.25) is 0 Å². The zero-order valence-corrected chi connectivity index (χ0v) is 6.70. The van der Waals surface area contributed by atoms with Gasteiger partial charge in [0.25, 0.3) is 0 Å². The third kappa shape index (κ3) is 1.17. The zero-order chi connectivity index (χ0) is 6.91. The summed E-state index contributed by atoms with van der Waals surface area (Å²) in [5, 5.41) is 0. The van der Waals surface area contributed by atoms with Gasteiger partial charge in [0.2, 0.25) is 0 Å². The maximum atomic E-state index is 2.44. The molecule has 0 aromatic rings. The van der Waals surface area contributed by atoms with Gasteiger partial charge < -0.3 is 0 Å². The predicted molar refractivity (Wildman–Crippen MR) is 41.4 cm³/mol.